The Balaban J connectivity index is 1.73. The number of guanidine groups is 1. The van der Waals surface area contributed by atoms with E-state index in [4.69, 9.17) is 23.2 Å². The highest BCUT2D eigenvalue weighted by atomic mass is 35.5. The number of hydrogen-bond acceptors (Lipinski definition) is 6. The van der Waals surface area contributed by atoms with Gasteiger partial charge in [0.25, 0.3) is 5.96 Å². The zero-order valence-corrected chi connectivity index (χ0v) is 15.1. The summed E-state index contributed by atoms with van der Waals surface area (Å²) >= 11 is 13.1. The van der Waals surface area contributed by atoms with Gasteiger partial charge in [0, 0.05) is 30.4 Å². The molecule has 12 heteroatoms. The molecule has 9 nitrogen and oxygen atoms in total. The molecule has 1 aliphatic heterocycles. The summed E-state index contributed by atoms with van der Waals surface area (Å²) in [6.07, 6.45) is 3.36. The average Bonchev–Trinajstić information content (AvgIpc) is 2.97. The molecule has 1 aliphatic rings. The number of hydrogen-bond donors (Lipinski definition) is 1. The van der Waals surface area contributed by atoms with E-state index in [-0.39, 0.29) is 5.96 Å². The number of aromatic nitrogens is 2. The second kappa shape index (κ2) is 7.91. The van der Waals surface area contributed by atoms with Gasteiger partial charge in [0.2, 0.25) is 0 Å². The normalized spacial score (nSPS) is 16.9. The molecule has 1 N–H and O–H groups in total. The Labute approximate surface area is 157 Å². The highest BCUT2D eigenvalue weighted by Gasteiger charge is 2.25. The van der Waals surface area contributed by atoms with E-state index in [1.54, 1.807) is 23.4 Å². The zero-order valence-electron chi connectivity index (χ0n) is 12.8. The maximum Gasteiger partial charge on any atom is 0.273 e. The maximum atomic E-state index is 10.8. The van der Waals surface area contributed by atoms with Crippen LogP contribution in [0.3, 0.4) is 0 Å². The van der Waals surface area contributed by atoms with Crippen LogP contribution in [0.25, 0.3) is 0 Å². The summed E-state index contributed by atoms with van der Waals surface area (Å²) < 4.78 is 0.486. The van der Waals surface area contributed by atoms with Crippen LogP contribution in [0.4, 0.5) is 0 Å². The van der Waals surface area contributed by atoms with Crippen molar-refractivity contribution in [1.82, 2.24) is 25.1 Å². The molecule has 25 heavy (non-hydrogen) atoms. The third-order valence-corrected chi connectivity index (χ3v) is 4.70. The lowest BCUT2D eigenvalue weighted by atomic mass is 10.2. The molecule has 0 aromatic carbocycles. The molecule has 0 spiro atoms. The van der Waals surface area contributed by atoms with Crippen molar-refractivity contribution in [3.63, 3.8) is 0 Å². The maximum absolute atomic E-state index is 10.8. The second-order valence-corrected chi connectivity index (χ2v) is 7.32. The first-order chi connectivity index (χ1) is 12.0. The lowest BCUT2D eigenvalue weighted by molar-refractivity contribution is -0.486. The van der Waals surface area contributed by atoms with Crippen LogP contribution < -0.4 is 5.32 Å². The Morgan fingerprint density at radius 3 is 2.80 bits per heavy atom. The van der Waals surface area contributed by atoms with Crippen LogP contribution in [0.5, 0.6) is 0 Å². The number of hydrazone groups is 1. The predicted molar refractivity (Wildman–Crippen MR) is 94.8 cm³/mol. The van der Waals surface area contributed by atoms with Gasteiger partial charge in [-0.1, -0.05) is 29.3 Å². The number of nitrogens with zero attached hydrogens (tertiary/aromatic N) is 6. The second-order valence-electron chi connectivity index (χ2n) is 5.23. The molecule has 0 aliphatic carbocycles. The monoisotopic (exact) mass is 401 g/mol. The van der Waals surface area contributed by atoms with Gasteiger partial charge in [0.1, 0.15) is 10.3 Å². The van der Waals surface area contributed by atoms with Crippen molar-refractivity contribution in [3.05, 3.63) is 54.7 Å². The van der Waals surface area contributed by atoms with Gasteiger partial charge in [-0.15, -0.1) is 11.3 Å². The summed E-state index contributed by atoms with van der Waals surface area (Å²) in [5.74, 6) is 0.207. The summed E-state index contributed by atoms with van der Waals surface area (Å²) in [5.41, 5.74) is 0.866. The van der Waals surface area contributed by atoms with Gasteiger partial charge < -0.3 is 10.2 Å². The van der Waals surface area contributed by atoms with E-state index in [1.807, 2.05) is 6.07 Å². The molecule has 1 saturated heterocycles. The van der Waals surface area contributed by atoms with E-state index in [0.29, 0.717) is 36.0 Å². The molecule has 0 atom stereocenters. The number of thiazole rings is 1. The molecule has 0 radical (unpaired) electrons. The van der Waals surface area contributed by atoms with Crippen molar-refractivity contribution in [2.24, 2.45) is 5.10 Å². The Kier molecular flexibility index (Phi) is 5.63. The first-order valence-electron chi connectivity index (χ1n) is 7.14. The molecule has 1 fully saturated rings. The van der Waals surface area contributed by atoms with E-state index < -0.39 is 5.03 Å². The van der Waals surface area contributed by atoms with Crippen LogP contribution >= 0.6 is 34.5 Å². The third kappa shape index (κ3) is 4.98. The fourth-order valence-corrected chi connectivity index (χ4v) is 3.49. The smallest absolute Gasteiger partial charge is 0.273 e. The number of nitrogens with one attached hydrogen (secondary N) is 1. The van der Waals surface area contributed by atoms with Gasteiger partial charge in [-0.05, 0) is 11.6 Å². The van der Waals surface area contributed by atoms with E-state index in [1.165, 1.54) is 11.3 Å². The lowest BCUT2D eigenvalue weighted by Crippen LogP contribution is -2.56. The topological polar surface area (TPSA) is 99.8 Å². The van der Waals surface area contributed by atoms with Crippen LogP contribution in [0.1, 0.15) is 10.4 Å². The molecule has 3 rings (SSSR count). The third-order valence-electron chi connectivity index (χ3n) is 3.37. The van der Waals surface area contributed by atoms with Gasteiger partial charge in [-0.25, -0.2) is 20.1 Å². The first kappa shape index (κ1) is 17.8. The van der Waals surface area contributed by atoms with Gasteiger partial charge in [-0.3, -0.25) is 4.90 Å². The van der Waals surface area contributed by atoms with Crippen LogP contribution in [0.15, 0.2) is 29.6 Å². The largest absolute Gasteiger partial charge is 0.338 e. The van der Waals surface area contributed by atoms with Crippen LogP contribution in [-0.2, 0) is 13.1 Å². The average molecular weight is 402 g/mol. The SMILES string of the molecule is O=[N+]([O-])/N=C1\NCN(Cc2cnc(Cl)s2)CN1Cc1ccc(Cl)nc1. The zero-order chi connectivity index (χ0) is 17.8. The Morgan fingerprint density at radius 2 is 2.16 bits per heavy atom. The summed E-state index contributed by atoms with van der Waals surface area (Å²) in [6, 6.07) is 3.50. The van der Waals surface area contributed by atoms with E-state index in [2.05, 4.69) is 25.3 Å². The molecular formula is C13H13Cl2N7O2S. The molecule has 0 unspecified atom stereocenters. The van der Waals surface area contributed by atoms with Crippen molar-refractivity contribution in [2.45, 2.75) is 13.1 Å². The Hall–Kier alpha value is -2.01. The van der Waals surface area contributed by atoms with Gasteiger partial charge >= 0.3 is 0 Å². The predicted octanol–water partition coefficient (Wildman–Crippen LogP) is 2.21. The van der Waals surface area contributed by atoms with Crippen molar-refractivity contribution in [2.75, 3.05) is 13.3 Å². The molecule has 0 saturated carbocycles. The van der Waals surface area contributed by atoms with Gasteiger partial charge in [0.15, 0.2) is 9.50 Å². The number of rotatable bonds is 5. The molecule has 132 valence electrons. The molecule has 2 aromatic rings. The minimum absolute atomic E-state index is 0.207. The minimum atomic E-state index is -0.714. The molecule has 0 amide bonds. The number of halogens is 2. The quantitative estimate of drug-likeness (QED) is 0.465. The molecule has 3 heterocycles. The number of nitro groups is 1. The lowest BCUT2D eigenvalue weighted by Gasteiger charge is -2.36. The van der Waals surface area contributed by atoms with Crippen LogP contribution in [0, 0.1) is 10.1 Å². The van der Waals surface area contributed by atoms with Crippen molar-refractivity contribution in [1.29, 1.82) is 0 Å². The van der Waals surface area contributed by atoms with Crippen molar-refractivity contribution in [3.8, 4) is 0 Å². The fourth-order valence-electron chi connectivity index (χ4n) is 2.36. The molecular weight excluding hydrogens is 389 g/mol. The van der Waals surface area contributed by atoms with Crippen molar-refractivity contribution < 1.29 is 5.03 Å². The van der Waals surface area contributed by atoms with Crippen LogP contribution in [-0.4, -0.2) is 44.1 Å². The van der Waals surface area contributed by atoms with E-state index in [9.17, 15) is 10.1 Å². The van der Waals surface area contributed by atoms with E-state index in [0.717, 1.165) is 10.4 Å². The van der Waals surface area contributed by atoms with Crippen LogP contribution in [0.2, 0.25) is 9.62 Å². The summed E-state index contributed by atoms with van der Waals surface area (Å²) in [5, 5.41) is 16.9. The van der Waals surface area contributed by atoms with Gasteiger partial charge in [0.05, 0.1) is 13.3 Å². The highest BCUT2D eigenvalue weighted by Crippen LogP contribution is 2.20. The first-order valence-corrected chi connectivity index (χ1v) is 8.71. The summed E-state index contributed by atoms with van der Waals surface area (Å²) in [6.45, 7) is 1.91. The standard InChI is InChI=1S/C13H13Cl2N7O2S/c14-11-2-1-9(3-16-11)5-21-8-20(6-10-4-17-12(15)25-10)7-18-13(21)19-22(23)24/h1-4H,5-8H2,(H,18,19). The summed E-state index contributed by atoms with van der Waals surface area (Å²) in [7, 11) is 0. The number of pyridine rings is 1. The van der Waals surface area contributed by atoms with E-state index >= 15 is 0 Å². The molecule has 2 aromatic heterocycles. The summed E-state index contributed by atoms with van der Waals surface area (Å²) in [4.78, 5) is 23.7. The molecule has 0 bridgehead atoms. The van der Waals surface area contributed by atoms with Crippen molar-refractivity contribution >= 4 is 40.5 Å². The Morgan fingerprint density at radius 1 is 1.32 bits per heavy atom. The highest BCUT2D eigenvalue weighted by molar-refractivity contribution is 7.15. The minimum Gasteiger partial charge on any atom is -0.338 e. The fraction of sp³-hybridized carbons (Fsp3) is 0.308. The van der Waals surface area contributed by atoms with Gasteiger partial charge in [-0.2, -0.15) is 0 Å². The Bertz CT molecular complexity index is 783.